The Morgan fingerprint density at radius 2 is 2.00 bits per heavy atom. The van der Waals surface area contributed by atoms with E-state index < -0.39 is 0 Å². The van der Waals surface area contributed by atoms with Gasteiger partial charge >= 0.3 is 0 Å². The van der Waals surface area contributed by atoms with Gasteiger partial charge in [0.2, 0.25) is 0 Å². The van der Waals surface area contributed by atoms with Crippen LogP contribution in [0.2, 0.25) is 0 Å². The Labute approximate surface area is 116 Å². The van der Waals surface area contributed by atoms with Crippen LogP contribution in [0.3, 0.4) is 0 Å². The van der Waals surface area contributed by atoms with E-state index in [0.717, 1.165) is 45.7 Å². The second-order valence-electron chi connectivity index (χ2n) is 5.06. The largest absolute Gasteiger partial charge is 0.395 e. The average molecular weight is 263 g/mol. The van der Waals surface area contributed by atoms with Crippen molar-refractivity contribution in [2.24, 2.45) is 0 Å². The minimum Gasteiger partial charge on any atom is -0.395 e. The zero-order valence-corrected chi connectivity index (χ0v) is 11.8. The minimum absolute atomic E-state index is 0.260. The number of aliphatic hydroxyl groups excluding tert-OH is 1. The molecule has 1 aliphatic rings. The summed E-state index contributed by atoms with van der Waals surface area (Å²) in [6.45, 7) is 6.23. The third-order valence-electron chi connectivity index (χ3n) is 3.70. The summed E-state index contributed by atoms with van der Waals surface area (Å²) in [7, 11) is 1.99. The zero-order chi connectivity index (χ0) is 13.5. The molecule has 0 radical (unpaired) electrons. The van der Waals surface area contributed by atoms with Crippen molar-refractivity contribution in [1.29, 1.82) is 0 Å². The molecule has 1 aromatic rings. The molecule has 2 rings (SSSR count). The maximum Gasteiger partial charge on any atom is 0.0558 e. The van der Waals surface area contributed by atoms with Crippen molar-refractivity contribution in [2.45, 2.75) is 13.0 Å². The summed E-state index contributed by atoms with van der Waals surface area (Å²) < 4.78 is 0. The van der Waals surface area contributed by atoms with Crippen LogP contribution in [-0.2, 0) is 6.54 Å². The number of hydrogen-bond donors (Lipinski definition) is 2. The zero-order valence-electron chi connectivity index (χ0n) is 11.8. The molecule has 0 bridgehead atoms. The number of nitrogens with one attached hydrogen (secondary N) is 1. The second-order valence-corrected chi connectivity index (χ2v) is 5.06. The molecule has 4 nitrogen and oxygen atoms in total. The SMILES string of the molecule is CNCc1ccccc1N1CCCN(CCO)CC1. The fourth-order valence-electron chi connectivity index (χ4n) is 2.74. The summed E-state index contributed by atoms with van der Waals surface area (Å²) >= 11 is 0. The fourth-order valence-corrected chi connectivity index (χ4v) is 2.74. The van der Waals surface area contributed by atoms with Gasteiger partial charge in [-0.05, 0) is 31.6 Å². The predicted octanol–water partition coefficient (Wildman–Crippen LogP) is 0.910. The molecule has 0 aromatic heterocycles. The highest BCUT2D eigenvalue weighted by molar-refractivity contribution is 5.53. The van der Waals surface area contributed by atoms with Crippen LogP contribution in [0, 0.1) is 0 Å². The van der Waals surface area contributed by atoms with Crippen LogP contribution in [0.4, 0.5) is 5.69 Å². The summed E-state index contributed by atoms with van der Waals surface area (Å²) in [6.07, 6.45) is 1.16. The average Bonchev–Trinajstić information content (AvgIpc) is 2.66. The van der Waals surface area contributed by atoms with Gasteiger partial charge in [0.05, 0.1) is 6.61 Å². The van der Waals surface area contributed by atoms with Crippen molar-refractivity contribution >= 4 is 5.69 Å². The molecular formula is C15H25N3O. The number of anilines is 1. The first kappa shape index (κ1) is 14.3. The van der Waals surface area contributed by atoms with Gasteiger partial charge in [0.1, 0.15) is 0 Å². The highest BCUT2D eigenvalue weighted by atomic mass is 16.3. The van der Waals surface area contributed by atoms with Crippen LogP contribution in [0.1, 0.15) is 12.0 Å². The Balaban J connectivity index is 2.05. The van der Waals surface area contributed by atoms with Crippen molar-refractivity contribution in [1.82, 2.24) is 10.2 Å². The van der Waals surface area contributed by atoms with Gasteiger partial charge in [-0.2, -0.15) is 0 Å². The number of aliphatic hydroxyl groups is 1. The van der Waals surface area contributed by atoms with Crippen LogP contribution >= 0.6 is 0 Å². The number of nitrogens with zero attached hydrogens (tertiary/aromatic N) is 2. The maximum absolute atomic E-state index is 9.04. The van der Waals surface area contributed by atoms with Crippen LogP contribution in [-0.4, -0.2) is 56.4 Å². The third-order valence-corrected chi connectivity index (χ3v) is 3.70. The molecule has 0 aliphatic carbocycles. The summed E-state index contributed by atoms with van der Waals surface area (Å²) in [5.74, 6) is 0. The quantitative estimate of drug-likeness (QED) is 0.828. The van der Waals surface area contributed by atoms with E-state index in [1.54, 1.807) is 0 Å². The topological polar surface area (TPSA) is 38.7 Å². The molecule has 1 fully saturated rings. The molecule has 2 N–H and O–H groups in total. The van der Waals surface area contributed by atoms with E-state index in [-0.39, 0.29) is 6.61 Å². The molecule has 0 atom stereocenters. The van der Waals surface area contributed by atoms with Crippen molar-refractivity contribution < 1.29 is 5.11 Å². The van der Waals surface area contributed by atoms with Gasteiger partial charge in [-0.1, -0.05) is 18.2 Å². The number of benzene rings is 1. The van der Waals surface area contributed by atoms with E-state index in [4.69, 9.17) is 5.11 Å². The minimum atomic E-state index is 0.260. The highest BCUT2D eigenvalue weighted by Crippen LogP contribution is 2.21. The van der Waals surface area contributed by atoms with Gasteiger partial charge in [0.15, 0.2) is 0 Å². The van der Waals surface area contributed by atoms with Crippen molar-refractivity contribution in [3.05, 3.63) is 29.8 Å². The molecule has 0 saturated carbocycles. The molecule has 0 amide bonds. The Bertz CT molecular complexity index is 383. The number of β-amino-alcohol motifs (C(OH)–C–C–N with tert-alkyl or cyclic N) is 1. The standard InChI is InChI=1S/C15H25N3O/c1-16-13-14-5-2-3-6-15(14)18-8-4-7-17(9-10-18)11-12-19/h2-3,5-6,16,19H,4,7-13H2,1H3. The van der Waals surface area contributed by atoms with Crippen LogP contribution in [0.15, 0.2) is 24.3 Å². The van der Waals surface area contributed by atoms with Crippen LogP contribution in [0.5, 0.6) is 0 Å². The summed E-state index contributed by atoms with van der Waals surface area (Å²) in [6, 6.07) is 8.63. The lowest BCUT2D eigenvalue weighted by molar-refractivity contribution is 0.204. The summed E-state index contributed by atoms with van der Waals surface area (Å²) in [5, 5.41) is 12.3. The third kappa shape index (κ3) is 3.93. The maximum atomic E-state index is 9.04. The normalized spacial score (nSPS) is 17.5. The first-order valence-electron chi connectivity index (χ1n) is 7.16. The lowest BCUT2D eigenvalue weighted by atomic mass is 10.1. The molecule has 1 aromatic carbocycles. The monoisotopic (exact) mass is 263 g/mol. The van der Waals surface area contributed by atoms with E-state index in [9.17, 15) is 0 Å². The van der Waals surface area contributed by atoms with Gasteiger partial charge in [-0.15, -0.1) is 0 Å². The lowest BCUT2D eigenvalue weighted by Gasteiger charge is -2.26. The van der Waals surface area contributed by atoms with Crippen molar-refractivity contribution in [3.8, 4) is 0 Å². The highest BCUT2D eigenvalue weighted by Gasteiger charge is 2.16. The Morgan fingerprint density at radius 3 is 2.79 bits per heavy atom. The molecule has 0 spiro atoms. The van der Waals surface area contributed by atoms with Crippen LogP contribution < -0.4 is 10.2 Å². The Hall–Kier alpha value is -1.10. The molecule has 1 heterocycles. The summed E-state index contributed by atoms with van der Waals surface area (Å²) in [4.78, 5) is 4.82. The lowest BCUT2D eigenvalue weighted by Crippen LogP contribution is -2.32. The Morgan fingerprint density at radius 1 is 1.16 bits per heavy atom. The molecule has 1 aliphatic heterocycles. The van der Waals surface area contributed by atoms with Gasteiger partial charge in [-0.25, -0.2) is 0 Å². The second kappa shape index (κ2) is 7.48. The molecule has 4 heteroatoms. The smallest absolute Gasteiger partial charge is 0.0558 e. The van der Waals surface area contributed by atoms with Gasteiger partial charge < -0.3 is 15.3 Å². The van der Waals surface area contributed by atoms with Crippen LogP contribution in [0.25, 0.3) is 0 Å². The van der Waals surface area contributed by atoms with Gasteiger partial charge in [0.25, 0.3) is 0 Å². The van der Waals surface area contributed by atoms with E-state index in [1.165, 1.54) is 11.3 Å². The predicted molar refractivity (Wildman–Crippen MR) is 79.6 cm³/mol. The molecule has 19 heavy (non-hydrogen) atoms. The Kier molecular flexibility index (Phi) is 5.63. The molecular weight excluding hydrogens is 238 g/mol. The number of hydrogen-bond acceptors (Lipinski definition) is 4. The number of rotatable bonds is 5. The molecule has 1 saturated heterocycles. The molecule has 0 unspecified atom stereocenters. The van der Waals surface area contributed by atoms with Crippen molar-refractivity contribution in [3.63, 3.8) is 0 Å². The van der Waals surface area contributed by atoms with E-state index in [2.05, 4.69) is 39.4 Å². The fraction of sp³-hybridized carbons (Fsp3) is 0.600. The summed E-state index contributed by atoms with van der Waals surface area (Å²) in [5.41, 5.74) is 2.71. The van der Waals surface area contributed by atoms with Crippen molar-refractivity contribution in [2.75, 3.05) is 51.3 Å². The molecule has 106 valence electrons. The van der Waals surface area contributed by atoms with E-state index in [0.29, 0.717) is 0 Å². The first-order valence-corrected chi connectivity index (χ1v) is 7.16. The van der Waals surface area contributed by atoms with E-state index in [1.807, 2.05) is 7.05 Å². The van der Waals surface area contributed by atoms with E-state index >= 15 is 0 Å². The van der Waals surface area contributed by atoms with Gasteiger partial charge in [0, 0.05) is 38.4 Å². The van der Waals surface area contributed by atoms with Gasteiger partial charge in [-0.3, -0.25) is 4.90 Å². The first-order chi connectivity index (χ1) is 9.35. The number of para-hydroxylation sites is 1.